The van der Waals surface area contributed by atoms with E-state index in [1.165, 1.54) is 5.56 Å². The standard InChI is InChI=1S/C19H19ClN2O/c1-12-8-13(2)18(14(3)9-12)19(23)16-5-4-15(10-17(16)20)22-7-6-21-11-22/h4-11,19,23H,1-3H3. The molecule has 1 N–H and O–H groups in total. The van der Waals surface area contributed by atoms with Gasteiger partial charge in [0.05, 0.1) is 6.33 Å². The first kappa shape index (κ1) is 15.8. The second-order valence-electron chi connectivity index (χ2n) is 5.89. The van der Waals surface area contributed by atoms with Gasteiger partial charge in [-0.05, 0) is 49.6 Å². The Morgan fingerprint density at radius 3 is 2.35 bits per heavy atom. The molecule has 1 unspecified atom stereocenters. The van der Waals surface area contributed by atoms with Crippen LogP contribution in [-0.2, 0) is 0 Å². The van der Waals surface area contributed by atoms with Crippen molar-refractivity contribution in [2.45, 2.75) is 26.9 Å². The van der Waals surface area contributed by atoms with Crippen LogP contribution in [-0.4, -0.2) is 14.7 Å². The molecule has 0 amide bonds. The third kappa shape index (κ3) is 3.03. The Hall–Kier alpha value is -2.10. The number of hydrogen-bond donors (Lipinski definition) is 1. The fourth-order valence-electron chi connectivity index (χ4n) is 3.09. The molecule has 23 heavy (non-hydrogen) atoms. The lowest BCUT2D eigenvalue weighted by Crippen LogP contribution is -2.06. The van der Waals surface area contributed by atoms with Gasteiger partial charge in [0.15, 0.2) is 0 Å². The number of nitrogens with zero attached hydrogens (tertiary/aromatic N) is 2. The molecule has 0 aliphatic rings. The SMILES string of the molecule is Cc1cc(C)c(C(O)c2ccc(-n3ccnc3)cc2Cl)c(C)c1. The van der Waals surface area contributed by atoms with E-state index < -0.39 is 6.10 Å². The molecule has 118 valence electrons. The molecule has 0 radical (unpaired) electrons. The highest BCUT2D eigenvalue weighted by Crippen LogP contribution is 2.33. The molecule has 1 heterocycles. The summed E-state index contributed by atoms with van der Waals surface area (Å²) in [6.45, 7) is 6.10. The molecule has 1 aromatic heterocycles. The van der Waals surface area contributed by atoms with Gasteiger partial charge in [0.1, 0.15) is 6.10 Å². The van der Waals surface area contributed by atoms with E-state index in [2.05, 4.69) is 24.0 Å². The van der Waals surface area contributed by atoms with Gasteiger partial charge in [-0.15, -0.1) is 0 Å². The molecule has 0 bridgehead atoms. The van der Waals surface area contributed by atoms with E-state index in [0.29, 0.717) is 10.6 Å². The Bertz CT molecular complexity index is 818. The Morgan fingerprint density at radius 1 is 1.09 bits per heavy atom. The summed E-state index contributed by atoms with van der Waals surface area (Å²) in [4.78, 5) is 4.04. The Labute approximate surface area is 141 Å². The molecule has 3 aromatic rings. The van der Waals surface area contributed by atoms with Crippen molar-refractivity contribution < 1.29 is 5.11 Å². The quantitative estimate of drug-likeness (QED) is 0.767. The zero-order valence-electron chi connectivity index (χ0n) is 13.4. The molecule has 0 saturated carbocycles. The minimum absolute atomic E-state index is 0.545. The number of aliphatic hydroxyl groups excluding tert-OH is 1. The lowest BCUT2D eigenvalue weighted by Gasteiger charge is -2.19. The number of aliphatic hydroxyl groups is 1. The van der Waals surface area contributed by atoms with Crippen molar-refractivity contribution >= 4 is 11.6 Å². The number of halogens is 1. The van der Waals surface area contributed by atoms with Gasteiger partial charge >= 0.3 is 0 Å². The van der Waals surface area contributed by atoms with Crippen LogP contribution in [0.3, 0.4) is 0 Å². The smallest absolute Gasteiger partial charge is 0.106 e. The number of benzene rings is 2. The van der Waals surface area contributed by atoms with Crippen molar-refractivity contribution in [1.82, 2.24) is 9.55 Å². The second-order valence-corrected chi connectivity index (χ2v) is 6.30. The molecule has 3 nitrogen and oxygen atoms in total. The van der Waals surface area contributed by atoms with Crippen molar-refractivity contribution in [1.29, 1.82) is 0 Å². The third-order valence-corrected chi connectivity index (χ3v) is 4.42. The largest absolute Gasteiger partial charge is 0.384 e. The first-order valence-electron chi connectivity index (χ1n) is 7.51. The number of rotatable bonds is 3. The van der Waals surface area contributed by atoms with Gasteiger partial charge in [-0.1, -0.05) is 35.4 Å². The van der Waals surface area contributed by atoms with Crippen LogP contribution in [0.1, 0.15) is 33.9 Å². The second kappa shape index (κ2) is 6.19. The van der Waals surface area contributed by atoms with Gasteiger partial charge < -0.3 is 9.67 Å². The van der Waals surface area contributed by atoms with Gasteiger partial charge in [0.25, 0.3) is 0 Å². The predicted molar refractivity (Wildman–Crippen MR) is 93.3 cm³/mol. The summed E-state index contributed by atoms with van der Waals surface area (Å²) in [7, 11) is 0. The van der Waals surface area contributed by atoms with Gasteiger partial charge in [-0.2, -0.15) is 0 Å². The van der Waals surface area contributed by atoms with Crippen LogP contribution in [0.15, 0.2) is 49.1 Å². The van der Waals surface area contributed by atoms with Gasteiger partial charge in [0, 0.05) is 28.7 Å². The van der Waals surface area contributed by atoms with Crippen molar-refractivity contribution in [2.75, 3.05) is 0 Å². The number of aryl methyl sites for hydroxylation is 3. The highest BCUT2D eigenvalue weighted by atomic mass is 35.5. The molecule has 0 aliphatic carbocycles. The highest BCUT2D eigenvalue weighted by Gasteiger charge is 2.19. The number of hydrogen-bond acceptors (Lipinski definition) is 2. The summed E-state index contributed by atoms with van der Waals surface area (Å²) in [6, 6.07) is 9.82. The zero-order valence-corrected chi connectivity index (χ0v) is 14.2. The van der Waals surface area contributed by atoms with Crippen LogP contribution in [0, 0.1) is 20.8 Å². The van der Waals surface area contributed by atoms with Gasteiger partial charge in [-0.25, -0.2) is 4.98 Å². The summed E-state index contributed by atoms with van der Waals surface area (Å²) in [5, 5.41) is 11.4. The number of aromatic nitrogens is 2. The average Bonchev–Trinajstić information content (AvgIpc) is 3.00. The lowest BCUT2D eigenvalue weighted by atomic mass is 9.92. The lowest BCUT2D eigenvalue weighted by molar-refractivity contribution is 0.219. The summed E-state index contributed by atoms with van der Waals surface area (Å²) in [6.07, 6.45) is 4.56. The maximum absolute atomic E-state index is 10.8. The van der Waals surface area contributed by atoms with Crippen LogP contribution in [0.4, 0.5) is 0 Å². The molecule has 2 aromatic carbocycles. The van der Waals surface area contributed by atoms with E-state index in [1.54, 1.807) is 12.5 Å². The van der Waals surface area contributed by atoms with Crippen molar-refractivity contribution in [3.8, 4) is 5.69 Å². The van der Waals surface area contributed by atoms with E-state index in [9.17, 15) is 5.11 Å². The molecule has 0 aliphatic heterocycles. The van der Waals surface area contributed by atoms with Crippen LogP contribution < -0.4 is 0 Å². The molecular formula is C19H19ClN2O. The third-order valence-electron chi connectivity index (χ3n) is 4.09. The molecule has 3 rings (SSSR count). The van der Waals surface area contributed by atoms with E-state index in [1.807, 2.05) is 42.8 Å². The predicted octanol–water partition coefficient (Wildman–Crippen LogP) is 4.53. The first-order valence-corrected chi connectivity index (χ1v) is 7.88. The van der Waals surface area contributed by atoms with E-state index in [0.717, 1.165) is 22.4 Å². The molecular weight excluding hydrogens is 308 g/mol. The topological polar surface area (TPSA) is 38.0 Å². The minimum Gasteiger partial charge on any atom is -0.384 e. The van der Waals surface area contributed by atoms with Crippen LogP contribution in [0.2, 0.25) is 5.02 Å². The Balaban J connectivity index is 2.02. The average molecular weight is 327 g/mol. The zero-order chi connectivity index (χ0) is 16.6. The van der Waals surface area contributed by atoms with Crippen LogP contribution in [0.25, 0.3) is 5.69 Å². The molecule has 0 spiro atoms. The molecule has 4 heteroatoms. The minimum atomic E-state index is -0.736. The first-order chi connectivity index (χ1) is 11.0. The normalized spacial score (nSPS) is 12.4. The van der Waals surface area contributed by atoms with Gasteiger partial charge in [0.2, 0.25) is 0 Å². The fourth-order valence-corrected chi connectivity index (χ4v) is 3.37. The highest BCUT2D eigenvalue weighted by molar-refractivity contribution is 6.31. The van der Waals surface area contributed by atoms with Crippen molar-refractivity contribution in [3.05, 3.63) is 81.9 Å². The summed E-state index contributed by atoms with van der Waals surface area (Å²) < 4.78 is 1.88. The fraction of sp³-hybridized carbons (Fsp3) is 0.211. The molecule has 0 saturated heterocycles. The van der Waals surface area contributed by atoms with E-state index in [-0.39, 0.29) is 0 Å². The Morgan fingerprint density at radius 2 is 1.78 bits per heavy atom. The van der Waals surface area contributed by atoms with Crippen LogP contribution >= 0.6 is 11.6 Å². The summed E-state index contributed by atoms with van der Waals surface area (Å²) in [5.41, 5.74) is 5.89. The Kier molecular flexibility index (Phi) is 4.24. The maximum Gasteiger partial charge on any atom is 0.106 e. The van der Waals surface area contributed by atoms with Gasteiger partial charge in [-0.3, -0.25) is 0 Å². The molecule has 0 fully saturated rings. The van der Waals surface area contributed by atoms with Crippen molar-refractivity contribution in [3.63, 3.8) is 0 Å². The van der Waals surface area contributed by atoms with Crippen molar-refractivity contribution in [2.24, 2.45) is 0 Å². The maximum atomic E-state index is 10.8. The van der Waals surface area contributed by atoms with E-state index in [4.69, 9.17) is 11.6 Å². The van der Waals surface area contributed by atoms with E-state index >= 15 is 0 Å². The van der Waals surface area contributed by atoms with Crippen LogP contribution in [0.5, 0.6) is 0 Å². The summed E-state index contributed by atoms with van der Waals surface area (Å²) >= 11 is 6.43. The monoisotopic (exact) mass is 326 g/mol. The summed E-state index contributed by atoms with van der Waals surface area (Å²) in [5.74, 6) is 0. The molecule has 1 atom stereocenters. The number of imidazole rings is 1.